The summed E-state index contributed by atoms with van der Waals surface area (Å²) in [4.78, 5) is 1.07. The van der Waals surface area contributed by atoms with Gasteiger partial charge in [-0.1, -0.05) is 13.8 Å². The van der Waals surface area contributed by atoms with Gasteiger partial charge in [-0.05, 0) is 44.7 Å². The van der Waals surface area contributed by atoms with Crippen LogP contribution < -0.4 is 5.32 Å². The Balaban J connectivity index is 2.13. The molecule has 0 spiro atoms. The molecule has 0 amide bonds. The molecular formula is C15H26N2O2S2. The van der Waals surface area contributed by atoms with Gasteiger partial charge in [-0.3, -0.25) is 0 Å². The third-order valence-electron chi connectivity index (χ3n) is 3.60. The summed E-state index contributed by atoms with van der Waals surface area (Å²) in [6.07, 6.45) is 2.32. The zero-order chi connectivity index (χ0) is 15.6. The van der Waals surface area contributed by atoms with Gasteiger partial charge in [-0.2, -0.15) is 4.31 Å². The average molecular weight is 331 g/mol. The van der Waals surface area contributed by atoms with Gasteiger partial charge in [0.05, 0.1) is 0 Å². The van der Waals surface area contributed by atoms with Crippen molar-refractivity contribution in [1.29, 1.82) is 0 Å². The molecule has 1 saturated carbocycles. The molecule has 1 heterocycles. The number of thiophene rings is 1. The Bertz CT molecular complexity index is 560. The predicted molar refractivity (Wildman–Crippen MR) is 88.0 cm³/mol. The van der Waals surface area contributed by atoms with Crippen molar-refractivity contribution in [3.63, 3.8) is 0 Å². The lowest BCUT2D eigenvalue weighted by molar-refractivity contribution is 0.342. The van der Waals surface area contributed by atoms with Crippen molar-refractivity contribution in [2.75, 3.05) is 6.54 Å². The first kappa shape index (κ1) is 16.9. The lowest BCUT2D eigenvalue weighted by Gasteiger charge is -2.25. The normalized spacial score (nSPS) is 16.3. The molecule has 0 bridgehead atoms. The lowest BCUT2D eigenvalue weighted by Crippen LogP contribution is -2.38. The second kappa shape index (κ2) is 6.77. The van der Waals surface area contributed by atoms with Crippen LogP contribution in [0.4, 0.5) is 0 Å². The molecule has 2 rings (SSSR count). The first-order valence-electron chi connectivity index (χ1n) is 7.64. The van der Waals surface area contributed by atoms with Crippen LogP contribution in [0.3, 0.4) is 0 Å². The highest BCUT2D eigenvalue weighted by atomic mass is 32.2. The molecule has 4 nitrogen and oxygen atoms in total. The molecule has 0 saturated heterocycles. The first-order valence-corrected chi connectivity index (χ1v) is 9.90. The van der Waals surface area contributed by atoms with Gasteiger partial charge >= 0.3 is 0 Å². The molecule has 1 aromatic rings. The van der Waals surface area contributed by atoms with Gasteiger partial charge in [0.15, 0.2) is 0 Å². The van der Waals surface area contributed by atoms with E-state index < -0.39 is 10.0 Å². The Hall–Kier alpha value is -0.430. The summed E-state index contributed by atoms with van der Waals surface area (Å²) in [7, 11) is -3.35. The van der Waals surface area contributed by atoms with E-state index in [1.165, 1.54) is 11.3 Å². The molecule has 0 aromatic carbocycles. The second-order valence-corrected chi connectivity index (χ2v) is 9.65. The van der Waals surface area contributed by atoms with Crippen molar-refractivity contribution in [3.8, 4) is 0 Å². The predicted octanol–water partition coefficient (Wildman–Crippen LogP) is 3.06. The van der Waals surface area contributed by atoms with Crippen molar-refractivity contribution >= 4 is 21.4 Å². The molecule has 1 aromatic heterocycles. The van der Waals surface area contributed by atoms with E-state index >= 15 is 0 Å². The fourth-order valence-electron chi connectivity index (χ4n) is 2.15. The topological polar surface area (TPSA) is 49.4 Å². The molecule has 0 aliphatic heterocycles. The highest BCUT2D eigenvalue weighted by Crippen LogP contribution is 2.34. The minimum Gasteiger partial charge on any atom is -0.310 e. The fraction of sp³-hybridized carbons (Fsp3) is 0.733. The van der Waals surface area contributed by atoms with E-state index in [2.05, 4.69) is 19.2 Å². The fourth-order valence-corrected chi connectivity index (χ4v) is 5.30. The van der Waals surface area contributed by atoms with Gasteiger partial charge in [0.2, 0.25) is 0 Å². The second-order valence-electron chi connectivity index (χ2n) is 6.37. The largest absolute Gasteiger partial charge is 0.310 e. The van der Waals surface area contributed by atoms with Crippen molar-refractivity contribution in [1.82, 2.24) is 9.62 Å². The van der Waals surface area contributed by atoms with Crippen molar-refractivity contribution < 1.29 is 8.42 Å². The monoisotopic (exact) mass is 330 g/mol. The van der Waals surface area contributed by atoms with Crippen molar-refractivity contribution in [2.24, 2.45) is 5.92 Å². The molecule has 1 N–H and O–H groups in total. The van der Waals surface area contributed by atoms with E-state index in [0.29, 0.717) is 22.7 Å². The number of hydrogen-bond donors (Lipinski definition) is 1. The Morgan fingerprint density at radius 1 is 1.29 bits per heavy atom. The quantitative estimate of drug-likeness (QED) is 0.797. The summed E-state index contributed by atoms with van der Waals surface area (Å²) in [5.41, 5.74) is 0. The Labute approximate surface area is 132 Å². The molecule has 0 radical (unpaired) electrons. The summed E-state index contributed by atoms with van der Waals surface area (Å²) in [5, 5.41) is 3.32. The maximum Gasteiger partial charge on any atom is 0.252 e. The zero-order valence-corrected chi connectivity index (χ0v) is 14.9. The average Bonchev–Trinajstić information content (AvgIpc) is 3.08. The molecule has 21 heavy (non-hydrogen) atoms. The number of nitrogens with one attached hydrogen (secondary N) is 1. The van der Waals surface area contributed by atoms with Crippen LogP contribution in [0.5, 0.6) is 0 Å². The lowest BCUT2D eigenvalue weighted by atomic mass is 10.3. The maximum atomic E-state index is 12.8. The van der Waals surface area contributed by atoms with Gasteiger partial charge in [0.25, 0.3) is 10.0 Å². The van der Waals surface area contributed by atoms with Crippen molar-refractivity contribution in [2.45, 2.75) is 63.4 Å². The SMILES string of the molecule is CC(C)NCc1ccc(S(=O)(=O)N(CC2CC2)C(C)C)s1. The summed E-state index contributed by atoms with van der Waals surface area (Å²) >= 11 is 1.38. The minimum absolute atomic E-state index is 0.00920. The standard InChI is InChI=1S/C15H26N2O2S2/c1-11(2)16-9-14-7-8-15(20-14)21(18,19)17(12(3)4)10-13-5-6-13/h7-8,11-13,16H,5-6,9-10H2,1-4H3. The van der Waals surface area contributed by atoms with E-state index in [0.717, 1.165) is 24.3 Å². The van der Waals surface area contributed by atoms with Crippen LogP contribution in [-0.4, -0.2) is 31.4 Å². The zero-order valence-electron chi connectivity index (χ0n) is 13.3. The van der Waals surface area contributed by atoms with Crippen molar-refractivity contribution in [3.05, 3.63) is 17.0 Å². The van der Waals surface area contributed by atoms with Crippen LogP contribution in [0.15, 0.2) is 16.3 Å². The van der Waals surface area contributed by atoms with E-state index in [4.69, 9.17) is 0 Å². The Morgan fingerprint density at radius 3 is 2.48 bits per heavy atom. The van der Waals surface area contributed by atoms with Gasteiger partial charge in [0, 0.05) is 30.1 Å². The minimum atomic E-state index is -3.35. The van der Waals surface area contributed by atoms with E-state index in [-0.39, 0.29) is 6.04 Å². The third kappa shape index (κ3) is 4.52. The number of sulfonamides is 1. The molecule has 0 atom stereocenters. The summed E-state index contributed by atoms with van der Waals surface area (Å²) in [6.45, 7) is 9.46. The molecule has 1 aliphatic rings. The van der Waals surface area contributed by atoms with Crippen LogP contribution in [0.1, 0.15) is 45.4 Å². The molecule has 0 unspecified atom stereocenters. The van der Waals surface area contributed by atoms with E-state index in [1.807, 2.05) is 19.9 Å². The highest BCUT2D eigenvalue weighted by Gasteiger charge is 2.34. The number of nitrogens with zero attached hydrogens (tertiary/aromatic N) is 1. The Kier molecular flexibility index (Phi) is 5.46. The van der Waals surface area contributed by atoms with Gasteiger partial charge in [-0.25, -0.2) is 8.42 Å². The smallest absolute Gasteiger partial charge is 0.252 e. The molecule has 120 valence electrons. The van der Waals surface area contributed by atoms with E-state index in [9.17, 15) is 8.42 Å². The number of rotatable bonds is 8. The summed E-state index contributed by atoms with van der Waals surface area (Å²) in [5.74, 6) is 0.559. The van der Waals surface area contributed by atoms with E-state index in [1.54, 1.807) is 10.4 Å². The van der Waals surface area contributed by atoms with Crippen LogP contribution in [0.2, 0.25) is 0 Å². The molecule has 6 heteroatoms. The van der Waals surface area contributed by atoms with Gasteiger partial charge in [-0.15, -0.1) is 11.3 Å². The summed E-state index contributed by atoms with van der Waals surface area (Å²) in [6, 6.07) is 4.08. The van der Waals surface area contributed by atoms with Crippen LogP contribution in [-0.2, 0) is 16.6 Å². The van der Waals surface area contributed by atoms with Crippen LogP contribution in [0.25, 0.3) is 0 Å². The van der Waals surface area contributed by atoms with Gasteiger partial charge < -0.3 is 5.32 Å². The summed E-state index contributed by atoms with van der Waals surface area (Å²) < 4.78 is 27.7. The highest BCUT2D eigenvalue weighted by molar-refractivity contribution is 7.91. The molecular weight excluding hydrogens is 304 g/mol. The maximum absolute atomic E-state index is 12.8. The first-order chi connectivity index (χ1) is 9.80. The van der Waals surface area contributed by atoms with Gasteiger partial charge in [0.1, 0.15) is 4.21 Å². The van der Waals surface area contributed by atoms with Crippen LogP contribution >= 0.6 is 11.3 Å². The third-order valence-corrected chi connectivity index (χ3v) is 7.19. The molecule has 1 fully saturated rings. The number of hydrogen-bond acceptors (Lipinski definition) is 4. The van der Waals surface area contributed by atoms with Crippen LogP contribution in [0, 0.1) is 5.92 Å². The molecule has 1 aliphatic carbocycles. The Morgan fingerprint density at radius 2 is 1.95 bits per heavy atom.